The van der Waals surface area contributed by atoms with E-state index in [2.05, 4.69) is 9.97 Å². The van der Waals surface area contributed by atoms with Gasteiger partial charge in [-0.15, -0.1) is 0 Å². The Morgan fingerprint density at radius 3 is 1.90 bits per heavy atom. The molecule has 0 fully saturated rings. The number of benzene rings is 2. The van der Waals surface area contributed by atoms with E-state index in [1.54, 1.807) is 50.2 Å². The van der Waals surface area contributed by atoms with Crippen LogP contribution in [0.25, 0.3) is 0 Å². The highest BCUT2D eigenvalue weighted by Gasteiger charge is 2.21. The van der Waals surface area contributed by atoms with E-state index in [4.69, 9.17) is 9.47 Å². The van der Waals surface area contributed by atoms with Crippen LogP contribution in [0.3, 0.4) is 0 Å². The average molecular weight is 551 g/mol. The minimum Gasteiger partial charge on any atom is -0.487 e. The maximum Gasteiger partial charge on any atom is 0.434 e. The quantitative estimate of drug-likeness (QED) is 0.119. The average Bonchev–Trinajstić information content (AvgIpc) is 3.58. The van der Waals surface area contributed by atoms with Gasteiger partial charge in [-0.1, -0.05) is 34.2 Å². The molecule has 0 aliphatic heterocycles. The molecule has 1 unspecified atom stereocenters. The molecular weight excluding hydrogens is 524 g/mol. The van der Waals surface area contributed by atoms with Crippen molar-refractivity contribution < 1.29 is 29.2 Å². The topological polar surface area (TPSA) is 178 Å². The molecule has 0 saturated carbocycles. The highest BCUT2D eigenvalue weighted by molar-refractivity contribution is 5.73. The molecule has 0 saturated heterocycles. The van der Waals surface area contributed by atoms with Crippen molar-refractivity contribution in [2.45, 2.75) is 39.5 Å². The molecule has 40 heavy (non-hydrogen) atoms. The van der Waals surface area contributed by atoms with E-state index in [-0.39, 0.29) is 37.2 Å². The van der Waals surface area contributed by atoms with Crippen molar-refractivity contribution in [3.63, 3.8) is 0 Å². The predicted octanol–water partition coefficient (Wildman–Crippen LogP) is 3.34. The van der Waals surface area contributed by atoms with Gasteiger partial charge in [0.15, 0.2) is 0 Å². The minimum atomic E-state index is -0.916. The van der Waals surface area contributed by atoms with E-state index in [1.165, 1.54) is 33.9 Å². The van der Waals surface area contributed by atoms with Crippen LogP contribution < -0.4 is 9.47 Å². The van der Waals surface area contributed by atoms with Gasteiger partial charge in [-0.2, -0.15) is 0 Å². The molecule has 0 aliphatic carbocycles. The van der Waals surface area contributed by atoms with Crippen LogP contribution in [0, 0.1) is 34.1 Å². The van der Waals surface area contributed by atoms with Gasteiger partial charge >= 0.3 is 17.9 Å². The van der Waals surface area contributed by atoms with Crippen LogP contribution in [-0.2, 0) is 17.9 Å². The number of hydrogen-bond acceptors (Lipinski definition) is 10. The number of hydrogen-bond donors (Lipinski definition) is 1. The summed E-state index contributed by atoms with van der Waals surface area (Å²) >= 11 is 0. The second-order valence-electron chi connectivity index (χ2n) is 8.91. The zero-order valence-electron chi connectivity index (χ0n) is 21.7. The number of aromatic nitrogens is 4. The van der Waals surface area contributed by atoms with Crippen LogP contribution in [0.1, 0.15) is 28.7 Å². The van der Waals surface area contributed by atoms with Gasteiger partial charge in [-0.3, -0.25) is 4.79 Å². The highest BCUT2D eigenvalue weighted by atomic mass is 16.6. The van der Waals surface area contributed by atoms with Crippen LogP contribution in [0.5, 0.6) is 11.5 Å². The van der Waals surface area contributed by atoms with Crippen molar-refractivity contribution in [1.82, 2.24) is 19.1 Å². The van der Waals surface area contributed by atoms with E-state index in [9.17, 15) is 30.1 Å². The summed E-state index contributed by atoms with van der Waals surface area (Å²) in [5.74, 6) is -0.540. The van der Waals surface area contributed by atoms with Gasteiger partial charge in [-0.25, -0.2) is 9.13 Å². The molecule has 0 bridgehead atoms. The summed E-state index contributed by atoms with van der Waals surface area (Å²) in [4.78, 5) is 41.5. The molecule has 14 heteroatoms. The number of imidazole rings is 2. The lowest BCUT2D eigenvalue weighted by molar-refractivity contribution is -0.396. The summed E-state index contributed by atoms with van der Waals surface area (Å²) in [6, 6.07) is 10.2. The van der Waals surface area contributed by atoms with Gasteiger partial charge in [0.25, 0.3) is 0 Å². The normalized spacial score (nSPS) is 11.7. The third kappa shape index (κ3) is 6.30. The monoisotopic (exact) mass is 550 g/mol. The van der Waals surface area contributed by atoms with Gasteiger partial charge in [0, 0.05) is 0 Å². The van der Waals surface area contributed by atoms with Crippen LogP contribution in [0.15, 0.2) is 61.2 Å². The van der Waals surface area contributed by atoms with Crippen molar-refractivity contribution >= 4 is 17.9 Å². The predicted molar refractivity (Wildman–Crippen MR) is 140 cm³/mol. The Hall–Kier alpha value is -5.11. The van der Waals surface area contributed by atoms with Gasteiger partial charge in [-0.05, 0) is 58.1 Å². The summed E-state index contributed by atoms with van der Waals surface area (Å²) in [7, 11) is 0. The van der Waals surface area contributed by atoms with Crippen LogP contribution in [0.4, 0.5) is 11.9 Å². The number of esters is 1. The van der Waals surface area contributed by atoms with Gasteiger partial charge in [0.05, 0.1) is 26.1 Å². The largest absolute Gasteiger partial charge is 0.487 e. The third-order valence-corrected chi connectivity index (χ3v) is 6.30. The first-order chi connectivity index (χ1) is 19.2. The first-order valence-corrected chi connectivity index (χ1v) is 12.1. The van der Waals surface area contributed by atoms with Crippen molar-refractivity contribution in [1.29, 1.82) is 0 Å². The van der Waals surface area contributed by atoms with Crippen molar-refractivity contribution in [2.24, 2.45) is 0 Å². The molecule has 1 N–H and O–H groups in total. The Labute approximate surface area is 227 Å². The van der Waals surface area contributed by atoms with Crippen LogP contribution >= 0.6 is 0 Å². The molecule has 208 valence electrons. The first kappa shape index (κ1) is 27.9. The third-order valence-electron chi connectivity index (χ3n) is 6.30. The Bertz CT molecular complexity index is 1550. The summed E-state index contributed by atoms with van der Waals surface area (Å²) in [6.07, 6.45) is 4.51. The number of nitrogens with zero attached hydrogens (tertiary/aromatic N) is 6. The number of carbonyl (C=O) groups excluding carboxylic acids is 1. The van der Waals surface area contributed by atoms with Crippen LogP contribution in [0.2, 0.25) is 0 Å². The smallest absolute Gasteiger partial charge is 0.434 e. The fourth-order valence-corrected chi connectivity index (χ4v) is 4.13. The lowest BCUT2D eigenvalue weighted by Crippen LogP contribution is -2.27. The first-order valence-electron chi connectivity index (χ1n) is 12.1. The summed E-state index contributed by atoms with van der Waals surface area (Å²) in [5, 5.41) is 32.3. The second-order valence-corrected chi connectivity index (χ2v) is 8.91. The van der Waals surface area contributed by atoms with Gasteiger partial charge in [0.2, 0.25) is 0 Å². The van der Waals surface area contributed by atoms with Crippen molar-refractivity contribution in [2.75, 3.05) is 6.61 Å². The maximum atomic E-state index is 12.8. The highest BCUT2D eigenvalue weighted by Crippen LogP contribution is 2.27. The molecule has 0 amide bonds. The van der Waals surface area contributed by atoms with Gasteiger partial charge < -0.3 is 34.8 Å². The van der Waals surface area contributed by atoms with E-state index in [0.717, 1.165) is 5.56 Å². The summed E-state index contributed by atoms with van der Waals surface area (Å²) < 4.78 is 14.2. The minimum absolute atomic E-state index is 0.160. The molecular formula is C26H26N6O8. The summed E-state index contributed by atoms with van der Waals surface area (Å²) in [6.45, 7) is 3.39. The lowest BCUT2D eigenvalue weighted by Gasteiger charge is -2.19. The van der Waals surface area contributed by atoms with E-state index < -0.39 is 28.5 Å². The number of carbonyl (C=O) groups is 1. The molecule has 2 aromatic heterocycles. The lowest BCUT2D eigenvalue weighted by atomic mass is 10.1. The zero-order valence-corrected chi connectivity index (χ0v) is 21.7. The zero-order chi connectivity index (χ0) is 28.8. The molecule has 2 heterocycles. The van der Waals surface area contributed by atoms with E-state index in [0.29, 0.717) is 22.4 Å². The number of nitro groups is 2. The Morgan fingerprint density at radius 2 is 1.40 bits per heavy atom. The Balaban J connectivity index is 1.43. The standard InChI is InChI=1S/C26H26N6O8/c1-17-19(14-29-11-9-27-25(29)31(35)36)5-3-7-22(17)39-21(16-33)13-24(34)40-23-8-4-6-20(18(23)2)15-30-12-10-28-26(30)32(37)38/h3-12,21,33H,13-16H2,1-2H3. The van der Waals surface area contributed by atoms with E-state index >= 15 is 0 Å². The fourth-order valence-electron chi connectivity index (χ4n) is 4.13. The molecule has 2 aromatic carbocycles. The maximum absolute atomic E-state index is 12.8. The van der Waals surface area contributed by atoms with Crippen molar-refractivity contribution in [3.8, 4) is 11.5 Å². The fraction of sp³-hybridized carbons (Fsp3) is 0.269. The van der Waals surface area contributed by atoms with E-state index in [1.807, 2.05) is 0 Å². The number of rotatable bonds is 12. The summed E-state index contributed by atoms with van der Waals surface area (Å²) in [5.41, 5.74) is 2.75. The number of ether oxygens (including phenoxy) is 2. The Kier molecular flexibility index (Phi) is 8.49. The number of aliphatic hydroxyl groups excluding tert-OH is 1. The molecule has 14 nitrogen and oxygen atoms in total. The van der Waals surface area contributed by atoms with Gasteiger partial charge in [0.1, 0.15) is 42.4 Å². The second kappa shape index (κ2) is 12.2. The Morgan fingerprint density at radius 1 is 0.900 bits per heavy atom. The molecule has 0 aliphatic rings. The SMILES string of the molecule is Cc1c(Cn2ccnc2[N+](=O)[O-])cccc1OC(=O)CC(CO)Oc1cccc(Cn2ccnc2[N+](=O)[O-])c1C. The van der Waals surface area contributed by atoms with Crippen molar-refractivity contribution in [3.05, 3.63) is 104 Å². The molecule has 4 rings (SSSR count). The molecule has 0 radical (unpaired) electrons. The molecule has 1 atom stereocenters. The molecule has 4 aromatic rings. The van der Waals surface area contributed by atoms with Crippen LogP contribution in [-0.4, -0.2) is 52.7 Å². The molecule has 0 spiro atoms. The number of aliphatic hydroxyl groups is 1.